The van der Waals surface area contributed by atoms with Crippen molar-refractivity contribution in [2.24, 2.45) is 0 Å². The van der Waals surface area contributed by atoms with Gasteiger partial charge in [0.05, 0.1) is 13.2 Å². The first kappa shape index (κ1) is 15.4. The van der Waals surface area contributed by atoms with Crippen molar-refractivity contribution in [2.75, 3.05) is 19.8 Å². The number of rotatable bonds is 9. The van der Waals surface area contributed by atoms with Crippen LogP contribution in [0.5, 0.6) is 0 Å². The van der Waals surface area contributed by atoms with Gasteiger partial charge in [-0.3, -0.25) is 4.79 Å². The smallest absolute Gasteiger partial charge is 0.305 e. The molecule has 0 bridgehead atoms. The molecular weight excluding hydrogens is 208 g/mol. The first-order valence-corrected chi connectivity index (χ1v) is 5.95. The Hall–Kier alpha value is -0.610. The Morgan fingerprint density at radius 1 is 1.25 bits per heavy atom. The molecule has 16 heavy (non-hydrogen) atoms. The van der Waals surface area contributed by atoms with Gasteiger partial charge in [0.2, 0.25) is 5.79 Å². The molecule has 0 radical (unpaired) electrons. The molecule has 1 atom stereocenters. The molecule has 0 fully saturated rings. The van der Waals surface area contributed by atoms with Gasteiger partial charge in [0.1, 0.15) is 0 Å². The molecule has 0 aromatic carbocycles. The Kier molecular flexibility index (Phi) is 8.21. The molecule has 4 heteroatoms. The Balaban J connectivity index is 4.02. The van der Waals surface area contributed by atoms with Crippen molar-refractivity contribution >= 4 is 5.97 Å². The van der Waals surface area contributed by atoms with Gasteiger partial charge < -0.3 is 14.2 Å². The van der Waals surface area contributed by atoms with E-state index in [4.69, 9.17) is 14.2 Å². The largest absolute Gasteiger partial charge is 0.434 e. The first-order chi connectivity index (χ1) is 7.54. The fraction of sp³-hybridized carbons (Fsp3) is 0.917. The number of hydrogen-bond acceptors (Lipinski definition) is 4. The van der Waals surface area contributed by atoms with Crippen LogP contribution in [0.4, 0.5) is 0 Å². The highest BCUT2D eigenvalue weighted by molar-refractivity contribution is 5.66. The molecule has 0 saturated heterocycles. The van der Waals surface area contributed by atoms with E-state index < -0.39 is 5.79 Å². The van der Waals surface area contributed by atoms with Crippen LogP contribution in [0.3, 0.4) is 0 Å². The monoisotopic (exact) mass is 232 g/mol. The summed E-state index contributed by atoms with van der Waals surface area (Å²) in [5, 5.41) is 0. The number of carbonyl (C=O) groups excluding carboxylic acids is 1. The highest BCUT2D eigenvalue weighted by Crippen LogP contribution is 2.20. The zero-order valence-electron chi connectivity index (χ0n) is 10.9. The lowest BCUT2D eigenvalue weighted by molar-refractivity contribution is -0.228. The predicted octanol–water partition coefficient (Wildman–Crippen LogP) is 2.51. The Morgan fingerprint density at radius 2 is 1.94 bits per heavy atom. The third-order valence-corrected chi connectivity index (χ3v) is 2.18. The lowest BCUT2D eigenvalue weighted by Crippen LogP contribution is -2.35. The van der Waals surface area contributed by atoms with Crippen molar-refractivity contribution < 1.29 is 19.0 Å². The Labute approximate surface area is 98.3 Å². The van der Waals surface area contributed by atoms with Gasteiger partial charge in [0.25, 0.3) is 0 Å². The second-order valence-electron chi connectivity index (χ2n) is 3.88. The molecular formula is C12H24O4. The summed E-state index contributed by atoms with van der Waals surface area (Å²) in [7, 11) is 0. The van der Waals surface area contributed by atoms with Gasteiger partial charge in [-0.2, -0.15) is 0 Å². The molecule has 0 N–H and O–H groups in total. The summed E-state index contributed by atoms with van der Waals surface area (Å²) >= 11 is 0. The van der Waals surface area contributed by atoms with E-state index in [1.54, 1.807) is 6.92 Å². The van der Waals surface area contributed by atoms with Crippen LogP contribution in [0.1, 0.15) is 47.0 Å². The van der Waals surface area contributed by atoms with E-state index in [1.807, 2.05) is 6.92 Å². The predicted molar refractivity (Wildman–Crippen MR) is 62.1 cm³/mol. The summed E-state index contributed by atoms with van der Waals surface area (Å²) in [4.78, 5) is 11.0. The molecule has 0 aliphatic carbocycles. The van der Waals surface area contributed by atoms with Crippen molar-refractivity contribution in [3.8, 4) is 0 Å². The SMILES string of the molecule is CCCCC(C)(OCCOCC)OC(C)=O. The van der Waals surface area contributed by atoms with Crippen molar-refractivity contribution in [1.29, 1.82) is 0 Å². The summed E-state index contributed by atoms with van der Waals surface area (Å²) < 4.78 is 16.0. The minimum Gasteiger partial charge on any atom is -0.434 e. The van der Waals surface area contributed by atoms with Gasteiger partial charge in [-0.15, -0.1) is 0 Å². The summed E-state index contributed by atoms with van der Waals surface area (Å²) in [5.41, 5.74) is 0. The van der Waals surface area contributed by atoms with Crippen molar-refractivity contribution in [3.05, 3.63) is 0 Å². The van der Waals surface area contributed by atoms with E-state index in [0.29, 0.717) is 19.8 Å². The standard InChI is InChI=1S/C12H24O4/c1-5-7-8-12(4,16-11(3)13)15-10-9-14-6-2/h5-10H2,1-4H3. The summed E-state index contributed by atoms with van der Waals surface area (Å²) in [6.07, 6.45) is 2.74. The molecule has 0 saturated carbocycles. The van der Waals surface area contributed by atoms with E-state index in [9.17, 15) is 4.79 Å². The molecule has 1 unspecified atom stereocenters. The maximum absolute atomic E-state index is 11.0. The van der Waals surface area contributed by atoms with Crippen LogP contribution < -0.4 is 0 Å². The van der Waals surface area contributed by atoms with Crippen LogP contribution in [0.25, 0.3) is 0 Å². The van der Waals surface area contributed by atoms with Gasteiger partial charge in [0.15, 0.2) is 0 Å². The topological polar surface area (TPSA) is 44.8 Å². The molecule has 4 nitrogen and oxygen atoms in total. The average molecular weight is 232 g/mol. The zero-order valence-corrected chi connectivity index (χ0v) is 10.9. The Morgan fingerprint density at radius 3 is 2.44 bits per heavy atom. The number of ether oxygens (including phenoxy) is 3. The molecule has 0 aliphatic heterocycles. The van der Waals surface area contributed by atoms with E-state index in [0.717, 1.165) is 19.3 Å². The number of carbonyl (C=O) groups is 1. The van der Waals surface area contributed by atoms with Crippen molar-refractivity contribution in [2.45, 2.75) is 52.7 Å². The second-order valence-corrected chi connectivity index (χ2v) is 3.88. The normalized spacial score (nSPS) is 14.5. The van der Waals surface area contributed by atoms with Crippen LogP contribution in [-0.2, 0) is 19.0 Å². The van der Waals surface area contributed by atoms with Crippen LogP contribution >= 0.6 is 0 Å². The molecule has 0 rings (SSSR count). The van der Waals surface area contributed by atoms with Crippen molar-refractivity contribution in [1.82, 2.24) is 0 Å². The lowest BCUT2D eigenvalue weighted by Gasteiger charge is -2.29. The van der Waals surface area contributed by atoms with E-state index >= 15 is 0 Å². The van der Waals surface area contributed by atoms with Gasteiger partial charge in [-0.05, 0) is 13.3 Å². The molecule has 0 aromatic heterocycles. The molecule has 0 aromatic rings. The van der Waals surface area contributed by atoms with Crippen molar-refractivity contribution in [3.63, 3.8) is 0 Å². The van der Waals surface area contributed by atoms with E-state index in [1.165, 1.54) is 6.92 Å². The number of hydrogen-bond donors (Lipinski definition) is 0. The van der Waals surface area contributed by atoms with Crippen LogP contribution in [0.2, 0.25) is 0 Å². The second kappa shape index (κ2) is 8.53. The van der Waals surface area contributed by atoms with Gasteiger partial charge >= 0.3 is 5.97 Å². The lowest BCUT2D eigenvalue weighted by atomic mass is 10.1. The van der Waals surface area contributed by atoms with Gasteiger partial charge in [-0.1, -0.05) is 13.3 Å². The summed E-state index contributed by atoms with van der Waals surface area (Å²) in [5.74, 6) is -1.12. The molecule has 0 heterocycles. The summed E-state index contributed by atoms with van der Waals surface area (Å²) in [6, 6.07) is 0. The molecule has 0 amide bonds. The molecule has 0 spiro atoms. The van der Waals surface area contributed by atoms with Crippen LogP contribution in [-0.4, -0.2) is 31.6 Å². The average Bonchev–Trinajstić information content (AvgIpc) is 2.21. The highest BCUT2D eigenvalue weighted by Gasteiger charge is 2.27. The van der Waals surface area contributed by atoms with E-state index in [-0.39, 0.29) is 5.97 Å². The maximum Gasteiger partial charge on any atom is 0.305 e. The summed E-state index contributed by atoms with van der Waals surface area (Å²) in [6.45, 7) is 8.87. The number of esters is 1. The first-order valence-electron chi connectivity index (χ1n) is 5.95. The Bertz CT molecular complexity index is 193. The fourth-order valence-electron chi connectivity index (χ4n) is 1.42. The van der Waals surface area contributed by atoms with Gasteiger partial charge in [0, 0.05) is 26.9 Å². The molecule has 96 valence electrons. The minimum atomic E-state index is -0.807. The highest BCUT2D eigenvalue weighted by atomic mass is 16.7. The maximum atomic E-state index is 11.0. The third-order valence-electron chi connectivity index (χ3n) is 2.18. The third kappa shape index (κ3) is 7.65. The minimum absolute atomic E-state index is 0.310. The molecule has 0 aliphatic rings. The number of unbranched alkanes of at least 4 members (excludes halogenated alkanes) is 1. The zero-order chi connectivity index (χ0) is 12.4. The van der Waals surface area contributed by atoms with Crippen LogP contribution in [0.15, 0.2) is 0 Å². The fourth-order valence-corrected chi connectivity index (χ4v) is 1.42. The quantitative estimate of drug-likeness (QED) is 0.348. The van der Waals surface area contributed by atoms with Gasteiger partial charge in [-0.25, -0.2) is 0 Å². The van der Waals surface area contributed by atoms with E-state index in [2.05, 4.69) is 6.92 Å². The van der Waals surface area contributed by atoms with Crippen LogP contribution in [0, 0.1) is 0 Å².